The molecule has 0 aliphatic rings. The third-order valence-electron chi connectivity index (χ3n) is 2.42. The number of nitriles is 1. The van der Waals surface area contributed by atoms with Crippen molar-refractivity contribution in [3.05, 3.63) is 29.8 Å². The topological polar surface area (TPSA) is 33.0 Å². The lowest BCUT2D eigenvalue weighted by Gasteiger charge is -2.24. The van der Waals surface area contributed by atoms with Crippen molar-refractivity contribution in [2.24, 2.45) is 0 Å². The number of benzene rings is 1. The van der Waals surface area contributed by atoms with Crippen molar-refractivity contribution in [2.45, 2.75) is 45.6 Å². The minimum atomic E-state index is -0.426. The van der Waals surface area contributed by atoms with Gasteiger partial charge in [0.2, 0.25) is 0 Å². The first kappa shape index (κ1) is 12.6. The SMILES string of the molecule is CC(C)c1cccc(OC(C)(C)CC#N)c1. The zero-order chi connectivity index (χ0) is 12.2. The van der Waals surface area contributed by atoms with Gasteiger partial charge in [0, 0.05) is 0 Å². The summed E-state index contributed by atoms with van der Waals surface area (Å²) in [5, 5.41) is 8.69. The van der Waals surface area contributed by atoms with E-state index in [-0.39, 0.29) is 0 Å². The summed E-state index contributed by atoms with van der Waals surface area (Å²) in [6.07, 6.45) is 0.388. The lowest BCUT2D eigenvalue weighted by atomic mass is 10.0. The Bertz CT molecular complexity index is 388. The Morgan fingerprint density at radius 1 is 1.38 bits per heavy atom. The second-order valence-electron chi connectivity index (χ2n) is 4.92. The highest BCUT2D eigenvalue weighted by molar-refractivity contribution is 5.30. The van der Waals surface area contributed by atoms with E-state index in [1.165, 1.54) is 5.56 Å². The van der Waals surface area contributed by atoms with Crippen LogP contribution in [0.4, 0.5) is 0 Å². The van der Waals surface area contributed by atoms with Gasteiger partial charge >= 0.3 is 0 Å². The molecule has 0 spiro atoms. The number of hydrogen-bond donors (Lipinski definition) is 0. The normalized spacial score (nSPS) is 11.2. The van der Waals surface area contributed by atoms with Gasteiger partial charge in [-0.15, -0.1) is 0 Å². The fourth-order valence-corrected chi connectivity index (χ4v) is 1.48. The van der Waals surface area contributed by atoms with Crippen molar-refractivity contribution in [1.82, 2.24) is 0 Å². The zero-order valence-corrected chi connectivity index (χ0v) is 10.4. The first-order valence-corrected chi connectivity index (χ1v) is 5.60. The maximum absolute atomic E-state index is 8.69. The first-order valence-electron chi connectivity index (χ1n) is 5.60. The Balaban J connectivity index is 2.82. The lowest BCUT2D eigenvalue weighted by Crippen LogP contribution is -2.27. The smallest absolute Gasteiger partial charge is 0.120 e. The van der Waals surface area contributed by atoms with Gasteiger partial charge in [0.15, 0.2) is 0 Å². The Hall–Kier alpha value is -1.49. The van der Waals surface area contributed by atoms with Crippen molar-refractivity contribution in [3.63, 3.8) is 0 Å². The largest absolute Gasteiger partial charge is 0.487 e. The average molecular weight is 217 g/mol. The molecule has 0 aliphatic carbocycles. The van der Waals surface area contributed by atoms with E-state index in [2.05, 4.69) is 26.0 Å². The molecular weight excluding hydrogens is 198 g/mol. The van der Waals surface area contributed by atoms with Crippen molar-refractivity contribution in [2.75, 3.05) is 0 Å². The van der Waals surface area contributed by atoms with Crippen LogP contribution < -0.4 is 4.74 Å². The molecule has 0 saturated heterocycles. The van der Waals surface area contributed by atoms with Crippen LogP contribution in [-0.4, -0.2) is 5.60 Å². The van der Waals surface area contributed by atoms with Crippen LogP contribution in [0.2, 0.25) is 0 Å². The zero-order valence-electron chi connectivity index (χ0n) is 10.4. The molecule has 1 rings (SSSR count). The molecule has 0 radical (unpaired) electrons. The summed E-state index contributed by atoms with van der Waals surface area (Å²) in [6.45, 7) is 8.16. The molecule has 16 heavy (non-hydrogen) atoms. The predicted molar refractivity (Wildman–Crippen MR) is 65.5 cm³/mol. The highest BCUT2D eigenvalue weighted by atomic mass is 16.5. The number of nitrogens with zero attached hydrogens (tertiary/aromatic N) is 1. The maximum Gasteiger partial charge on any atom is 0.120 e. The first-order chi connectivity index (χ1) is 7.44. The van der Waals surface area contributed by atoms with Crippen LogP contribution in [0.1, 0.15) is 45.6 Å². The van der Waals surface area contributed by atoms with E-state index in [4.69, 9.17) is 10.00 Å². The quantitative estimate of drug-likeness (QED) is 0.766. The molecule has 0 aromatic heterocycles. The molecule has 0 fully saturated rings. The van der Waals surface area contributed by atoms with Crippen molar-refractivity contribution >= 4 is 0 Å². The van der Waals surface area contributed by atoms with Crippen LogP contribution in [0.5, 0.6) is 5.75 Å². The van der Waals surface area contributed by atoms with Crippen LogP contribution >= 0.6 is 0 Å². The molecule has 1 aromatic rings. The number of rotatable bonds is 4. The third kappa shape index (κ3) is 3.58. The molecule has 1 aromatic carbocycles. The van der Waals surface area contributed by atoms with Crippen molar-refractivity contribution < 1.29 is 4.74 Å². The minimum absolute atomic E-state index is 0.388. The number of ether oxygens (including phenoxy) is 1. The molecule has 0 saturated carbocycles. The van der Waals surface area contributed by atoms with Crippen LogP contribution in [0.3, 0.4) is 0 Å². The molecule has 0 amide bonds. The van der Waals surface area contributed by atoms with Gasteiger partial charge in [-0.1, -0.05) is 26.0 Å². The second-order valence-corrected chi connectivity index (χ2v) is 4.92. The second kappa shape index (κ2) is 5.03. The van der Waals surface area contributed by atoms with Crippen LogP contribution in [0, 0.1) is 11.3 Å². The Morgan fingerprint density at radius 3 is 2.62 bits per heavy atom. The van der Waals surface area contributed by atoms with E-state index >= 15 is 0 Å². The molecule has 2 heteroatoms. The van der Waals surface area contributed by atoms with E-state index in [0.717, 1.165) is 5.75 Å². The Morgan fingerprint density at radius 2 is 2.06 bits per heavy atom. The monoisotopic (exact) mass is 217 g/mol. The van der Waals surface area contributed by atoms with Gasteiger partial charge in [-0.25, -0.2) is 0 Å². The van der Waals surface area contributed by atoms with E-state index in [0.29, 0.717) is 12.3 Å². The fourth-order valence-electron chi connectivity index (χ4n) is 1.48. The summed E-state index contributed by atoms with van der Waals surface area (Å²) >= 11 is 0. The third-order valence-corrected chi connectivity index (χ3v) is 2.42. The van der Waals surface area contributed by atoms with Crippen LogP contribution in [0.15, 0.2) is 24.3 Å². The van der Waals surface area contributed by atoms with E-state index in [1.54, 1.807) is 0 Å². The van der Waals surface area contributed by atoms with Gasteiger partial charge in [-0.3, -0.25) is 0 Å². The molecular formula is C14H19NO. The summed E-state index contributed by atoms with van der Waals surface area (Å²) in [7, 11) is 0. The van der Waals surface area contributed by atoms with Crippen LogP contribution in [-0.2, 0) is 0 Å². The van der Waals surface area contributed by atoms with Crippen LogP contribution in [0.25, 0.3) is 0 Å². The number of hydrogen-bond acceptors (Lipinski definition) is 2. The van der Waals surface area contributed by atoms with Crippen molar-refractivity contribution in [3.8, 4) is 11.8 Å². The molecule has 0 aliphatic heterocycles. The lowest BCUT2D eigenvalue weighted by molar-refractivity contribution is 0.115. The maximum atomic E-state index is 8.69. The summed E-state index contributed by atoms with van der Waals surface area (Å²) in [4.78, 5) is 0. The fraction of sp³-hybridized carbons (Fsp3) is 0.500. The highest BCUT2D eigenvalue weighted by Gasteiger charge is 2.19. The van der Waals surface area contributed by atoms with E-state index < -0.39 is 5.60 Å². The molecule has 0 N–H and O–H groups in total. The van der Waals surface area contributed by atoms with Gasteiger partial charge in [0.25, 0.3) is 0 Å². The molecule has 0 bridgehead atoms. The van der Waals surface area contributed by atoms with Gasteiger partial charge in [0.05, 0.1) is 12.5 Å². The Labute approximate surface area is 97.9 Å². The average Bonchev–Trinajstić information content (AvgIpc) is 2.17. The Kier molecular flexibility index (Phi) is 3.95. The highest BCUT2D eigenvalue weighted by Crippen LogP contribution is 2.24. The van der Waals surface area contributed by atoms with Gasteiger partial charge in [0.1, 0.15) is 11.4 Å². The van der Waals surface area contributed by atoms with E-state index in [9.17, 15) is 0 Å². The molecule has 0 unspecified atom stereocenters. The van der Waals surface area contributed by atoms with Gasteiger partial charge in [-0.05, 0) is 37.5 Å². The van der Waals surface area contributed by atoms with Gasteiger partial charge < -0.3 is 4.74 Å². The summed E-state index contributed by atoms with van der Waals surface area (Å²) in [5.41, 5.74) is 0.829. The van der Waals surface area contributed by atoms with Gasteiger partial charge in [-0.2, -0.15) is 5.26 Å². The minimum Gasteiger partial charge on any atom is -0.487 e. The summed E-state index contributed by atoms with van der Waals surface area (Å²) in [5.74, 6) is 1.33. The molecule has 86 valence electrons. The van der Waals surface area contributed by atoms with E-state index in [1.807, 2.05) is 32.0 Å². The standard InChI is InChI=1S/C14H19NO/c1-11(2)12-6-5-7-13(10-12)16-14(3,4)8-9-15/h5-7,10-11H,8H2,1-4H3. The molecule has 2 nitrogen and oxygen atoms in total. The summed E-state index contributed by atoms with van der Waals surface area (Å²) < 4.78 is 5.81. The summed E-state index contributed by atoms with van der Waals surface area (Å²) in [6, 6.07) is 10.2. The van der Waals surface area contributed by atoms with Crippen molar-refractivity contribution in [1.29, 1.82) is 5.26 Å². The predicted octanol–water partition coefficient (Wildman–Crippen LogP) is 3.88. The molecule has 0 heterocycles. The molecule has 0 atom stereocenters.